The van der Waals surface area contributed by atoms with Gasteiger partial charge in [-0.15, -0.1) is 0 Å². The number of aryl methyl sites for hydroxylation is 1. The quantitative estimate of drug-likeness (QED) is 0.901. The zero-order valence-corrected chi connectivity index (χ0v) is 12.8. The van der Waals surface area contributed by atoms with Gasteiger partial charge in [-0.2, -0.15) is 5.26 Å². The van der Waals surface area contributed by atoms with E-state index in [1.54, 1.807) is 0 Å². The SMILES string of the molecule is CCc1ccccc1CC(=O)N[C@H](C#N)C1CCCCC1. The molecule has 1 fully saturated rings. The Labute approximate surface area is 127 Å². The molecule has 0 unspecified atom stereocenters. The average Bonchev–Trinajstić information content (AvgIpc) is 2.54. The van der Waals surface area contributed by atoms with Crippen molar-refractivity contribution in [1.82, 2.24) is 5.32 Å². The molecule has 1 aliphatic rings. The summed E-state index contributed by atoms with van der Waals surface area (Å²) < 4.78 is 0. The number of nitrogens with one attached hydrogen (secondary N) is 1. The summed E-state index contributed by atoms with van der Waals surface area (Å²) in [6, 6.07) is 9.98. The second kappa shape index (κ2) is 7.83. The Morgan fingerprint density at radius 2 is 1.95 bits per heavy atom. The second-order valence-electron chi connectivity index (χ2n) is 5.87. The first kappa shape index (κ1) is 15.6. The molecule has 21 heavy (non-hydrogen) atoms. The number of carbonyl (C=O) groups excluding carboxylic acids is 1. The molecule has 0 spiro atoms. The highest BCUT2D eigenvalue weighted by Gasteiger charge is 2.24. The number of hydrogen-bond donors (Lipinski definition) is 1. The van der Waals surface area contributed by atoms with Gasteiger partial charge in [0.05, 0.1) is 12.5 Å². The molecular formula is C18H24N2O. The number of amides is 1. The number of carbonyl (C=O) groups is 1. The minimum absolute atomic E-state index is 0.0342. The minimum atomic E-state index is -0.327. The average molecular weight is 284 g/mol. The van der Waals surface area contributed by atoms with Gasteiger partial charge in [-0.1, -0.05) is 50.5 Å². The molecule has 0 heterocycles. The molecule has 0 saturated heterocycles. The topological polar surface area (TPSA) is 52.9 Å². The third kappa shape index (κ3) is 4.32. The Morgan fingerprint density at radius 1 is 1.29 bits per heavy atom. The van der Waals surface area contributed by atoms with Gasteiger partial charge in [-0.25, -0.2) is 0 Å². The fourth-order valence-electron chi connectivity index (χ4n) is 3.20. The maximum Gasteiger partial charge on any atom is 0.225 e. The highest BCUT2D eigenvalue weighted by molar-refractivity contribution is 5.79. The van der Waals surface area contributed by atoms with Crippen molar-refractivity contribution in [2.24, 2.45) is 5.92 Å². The first-order valence-corrected chi connectivity index (χ1v) is 8.00. The number of hydrogen-bond acceptors (Lipinski definition) is 2. The Hall–Kier alpha value is -1.82. The van der Waals surface area contributed by atoms with E-state index in [2.05, 4.69) is 24.4 Å². The molecule has 1 aromatic carbocycles. The lowest BCUT2D eigenvalue weighted by atomic mass is 9.84. The Morgan fingerprint density at radius 3 is 2.57 bits per heavy atom. The summed E-state index contributed by atoms with van der Waals surface area (Å²) in [5, 5.41) is 12.3. The minimum Gasteiger partial charge on any atom is -0.340 e. The summed E-state index contributed by atoms with van der Waals surface area (Å²) in [4.78, 5) is 12.2. The summed E-state index contributed by atoms with van der Waals surface area (Å²) in [6.45, 7) is 2.09. The summed E-state index contributed by atoms with van der Waals surface area (Å²) in [5.41, 5.74) is 2.27. The van der Waals surface area contributed by atoms with Crippen LogP contribution in [0.15, 0.2) is 24.3 Å². The van der Waals surface area contributed by atoms with Crippen LogP contribution in [0.1, 0.15) is 50.2 Å². The molecular weight excluding hydrogens is 260 g/mol. The van der Waals surface area contributed by atoms with E-state index in [-0.39, 0.29) is 11.9 Å². The van der Waals surface area contributed by atoms with E-state index in [9.17, 15) is 10.1 Å². The van der Waals surface area contributed by atoms with Crippen LogP contribution in [0.5, 0.6) is 0 Å². The highest BCUT2D eigenvalue weighted by Crippen LogP contribution is 2.26. The molecule has 2 rings (SSSR count). The smallest absolute Gasteiger partial charge is 0.225 e. The van der Waals surface area contributed by atoms with Crippen LogP contribution in [0, 0.1) is 17.2 Å². The van der Waals surface area contributed by atoms with Crippen LogP contribution in [0.25, 0.3) is 0 Å². The molecule has 0 bridgehead atoms. The van der Waals surface area contributed by atoms with Gasteiger partial charge in [-0.3, -0.25) is 4.79 Å². The van der Waals surface area contributed by atoms with Crippen LogP contribution in [-0.4, -0.2) is 11.9 Å². The van der Waals surface area contributed by atoms with Crippen molar-refractivity contribution in [2.75, 3.05) is 0 Å². The molecule has 1 saturated carbocycles. The van der Waals surface area contributed by atoms with Gasteiger partial charge < -0.3 is 5.32 Å². The van der Waals surface area contributed by atoms with E-state index in [1.165, 1.54) is 24.8 Å². The highest BCUT2D eigenvalue weighted by atomic mass is 16.1. The molecule has 3 nitrogen and oxygen atoms in total. The standard InChI is InChI=1S/C18H24N2O/c1-2-14-8-6-7-11-16(14)12-18(21)20-17(13-19)15-9-4-3-5-10-15/h6-8,11,15,17H,2-5,9-10,12H2,1H3,(H,20,21)/t17-/m1/s1. The van der Waals surface area contributed by atoms with E-state index < -0.39 is 0 Å². The summed E-state index contributed by atoms with van der Waals surface area (Å²) >= 11 is 0. The van der Waals surface area contributed by atoms with Gasteiger partial charge in [0.15, 0.2) is 0 Å². The number of nitriles is 1. The van der Waals surface area contributed by atoms with Crippen LogP contribution >= 0.6 is 0 Å². The van der Waals surface area contributed by atoms with Gasteiger partial charge in [-0.05, 0) is 36.3 Å². The summed E-state index contributed by atoms with van der Waals surface area (Å²) in [5.74, 6) is 0.294. The van der Waals surface area contributed by atoms with E-state index in [0.717, 1.165) is 24.8 Å². The summed E-state index contributed by atoms with van der Waals surface area (Å²) in [6.07, 6.45) is 7.03. The van der Waals surface area contributed by atoms with Crippen LogP contribution in [0.2, 0.25) is 0 Å². The van der Waals surface area contributed by atoms with Crippen molar-refractivity contribution < 1.29 is 4.79 Å². The Bertz CT molecular complexity index is 512. The molecule has 112 valence electrons. The Balaban J connectivity index is 1.95. The van der Waals surface area contributed by atoms with Crippen molar-refractivity contribution in [2.45, 2.75) is 57.9 Å². The van der Waals surface area contributed by atoms with Crippen molar-refractivity contribution in [3.8, 4) is 6.07 Å². The lowest BCUT2D eigenvalue weighted by Crippen LogP contribution is -2.40. The fourth-order valence-corrected chi connectivity index (χ4v) is 3.20. The lowest BCUT2D eigenvalue weighted by molar-refractivity contribution is -0.121. The molecule has 1 aliphatic carbocycles. The number of nitrogens with zero attached hydrogens (tertiary/aromatic N) is 1. The Kier molecular flexibility index (Phi) is 5.80. The zero-order valence-electron chi connectivity index (χ0n) is 12.8. The van der Waals surface area contributed by atoms with Gasteiger partial charge in [0.25, 0.3) is 0 Å². The zero-order chi connectivity index (χ0) is 15.1. The maximum absolute atomic E-state index is 12.2. The lowest BCUT2D eigenvalue weighted by Gasteiger charge is -2.26. The van der Waals surface area contributed by atoms with E-state index in [4.69, 9.17) is 0 Å². The molecule has 1 N–H and O–H groups in total. The third-order valence-electron chi connectivity index (χ3n) is 4.43. The molecule has 1 amide bonds. The van der Waals surface area contributed by atoms with E-state index in [1.807, 2.05) is 18.2 Å². The van der Waals surface area contributed by atoms with E-state index in [0.29, 0.717) is 12.3 Å². The molecule has 3 heteroatoms. The third-order valence-corrected chi connectivity index (χ3v) is 4.43. The van der Waals surface area contributed by atoms with E-state index >= 15 is 0 Å². The van der Waals surface area contributed by atoms with Crippen molar-refractivity contribution in [3.05, 3.63) is 35.4 Å². The van der Waals surface area contributed by atoms with Gasteiger partial charge in [0, 0.05) is 0 Å². The predicted octanol–water partition coefficient (Wildman–Crippen LogP) is 3.38. The number of rotatable bonds is 5. The maximum atomic E-state index is 12.2. The normalized spacial score (nSPS) is 17.0. The van der Waals surface area contributed by atoms with Crippen molar-refractivity contribution in [1.29, 1.82) is 5.26 Å². The van der Waals surface area contributed by atoms with Crippen LogP contribution in [0.4, 0.5) is 0 Å². The predicted molar refractivity (Wildman–Crippen MR) is 83.6 cm³/mol. The second-order valence-corrected chi connectivity index (χ2v) is 5.87. The van der Waals surface area contributed by atoms with Crippen molar-refractivity contribution >= 4 is 5.91 Å². The monoisotopic (exact) mass is 284 g/mol. The molecule has 1 aromatic rings. The van der Waals surface area contributed by atoms with Crippen LogP contribution < -0.4 is 5.32 Å². The first-order valence-electron chi connectivity index (χ1n) is 8.00. The molecule has 0 aliphatic heterocycles. The fraction of sp³-hybridized carbons (Fsp3) is 0.556. The van der Waals surface area contributed by atoms with Crippen LogP contribution in [0.3, 0.4) is 0 Å². The van der Waals surface area contributed by atoms with Gasteiger partial charge >= 0.3 is 0 Å². The first-order chi connectivity index (χ1) is 10.2. The van der Waals surface area contributed by atoms with Gasteiger partial charge in [0.2, 0.25) is 5.91 Å². The van der Waals surface area contributed by atoms with Crippen LogP contribution in [-0.2, 0) is 17.6 Å². The number of benzene rings is 1. The van der Waals surface area contributed by atoms with Gasteiger partial charge in [0.1, 0.15) is 6.04 Å². The largest absolute Gasteiger partial charge is 0.340 e. The van der Waals surface area contributed by atoms with Crippen molar-refractivity contribution in [3.63, 3.8) is 0 Å². The molecule has 0 radical (unpaired) electrons. The molecule has 0 aromatic heterocycles. The summed E-state index contributed by atoms with van der Waals surface area (Å²) in [7, 11) is 0. The molecule has 1 atom stereocenters.